The molecule has 7 heteroatoms. The molecule has 0 saturated heterocycles. The van der Waals surface area contributed by atoms with Crippen LogP contribution in [0.5, 0.6) is 5.75 Å². The maximum atomic E-state index is 13.4. The van der Waals surface area contributed by atoms with Gasteiger partial charge in [0, 0.05) is 13.1 Å². The van der Waals surface area contributed by atoms with Gasteiger partial charge in [-0.3, -0.25) is 9.69 Å². The number of aromatic nitrogens is 1. The molecular formula is C24H32ClN3O2S. The highest BCUT2D eigenvalue weighted by atomic mass is 35.5. The first kappa shape index (κ1) is 25.1. The van der Waals surface area contributed by atoms with E-state index in [4.69, 9.17) is 9.72 Å². The smallest absolute Gasteiger partial charge is 0.233 e. The Labute approximate surface area is 195 Å². The molecule has 5 nitrogen and oxygen atoms in total. The average molecular weight is 462 g/mol. The van der Waals surface area contributed by atoms with Crippen molar-refractivity contribution in [2.45, 2.75) is 34.1 Å². The Kier molecular flexibility index (Phi) is 9.29. The molecule has 3 rings (SSSR count). The Hall–Kier alpha value is -2.15. The van der Waals surface area contributed by atoms with Gasteiger partial charge in [0.15, 0.2) is 5.13 Å². The second kappa shape index (κ2) is 11.5. The standard InChI is InChI=1S/C24H31N3O2S.ClH/c1-6-26(7-2)13-14-27(21(28)16-19-10-8-9-17(3)15-19)24-25-22-20(29-5)12-11-18(4)23(22)30-24;/h8-12,15H,6-7,13-14,16H2,1-5H3;1H. The molecule has 31 heavy (non-hydrogen) atoms. The van der Waals surface area contributed by atoms with Crippen LogP contribution in [0.4, 0.5) is 5.13 Å². The quantitative estimate of drug-likeness (QED) is 0.436. The largest absolute Gasteiger partial charge is 0.494 e. The molecule has 0 radical (unpaired) electrons. The monoisotopic (exact) mass is 461 g/mol. The van der Waals surface area contributed by atoms with Crippen LogP contribution in [-0.4, -0.2) is 49.1 Å². The lowest BCUT2D eigenvalue weighted by molar-refractivity contribution is -0.118. The lowest BCUT2D eigenvalue weighted by atomic mass is 10.1. The van der Waals surface area contributed by atoms with E-state index in [1.807, 2.05) is 29.2 Å². The number of methoxy groups -OCH3 is 1. The van der Waals surface area contributed by atoms with Crippen LogP contribution in [0.2, 0.25) is 0 Å². The molecule has 0 saturated carbocycles. The predicted octanol–water partition coefficient (Wildman–Crippen LogP) is 5.26. The van der Waals surface area contributed by atoms with Crippen molar-refractivity contribution in [1.82, 2.24) is 9.88 Å². The van der Waals surface area contributed by atoms with Gasteiger partial charge in [-0.1, -0.05) is 61.1 Å². The zero-order chi connectivity index (χ0) is 21.7. The molecule has 0 aliphatic rings. The van der Waals surface area contributed by atoms with Gasteiger partial charge in [-0.2, -0.15) is 0 Å². The van der Waals surface area contributed by atoms with Crippen LogP contribution in [0.15, 0.2) is 36.4 Å². The SMILES string of the molecule is CCN(CC)CCN(C(=O)Cc1cccc(C)c1)c1nc2c(OC)ccc(C)c2s1.Cl. The predicted molar refractivity (Wildman–Crippen MR) is 133 cm³/mol. The van der Waals surface area contributed by atoms with Gasteiger partial charge < -0.3 is 9.64 Å². The number of carbonyl (C=O) groups is 1. The summed E-state index contributed by atoms with van der Waals surface area (Å²) in [5.74, 6) is 0.816. The highest BCUT2D eigenvalue weighted by Crippen LogP contribution is 2.36. The second-order valence-corrected chi connectivity index (χ2v) is 8.47. The minimum absolute atomic E-state index is 0. The summed E-state index contributed by atoms with van der Waals surface area (Å²) in [5, 5.41) is 0.738. The number of likely N-dealkylation sites (N-methyl/N-ethyl adjacent to an activating group) is 1. The Balaban J connectivity index is 0.00000341. The Morgan fingerprint density at radius 2 is 1.84 bits per heavy atom. The fourth-order valence-corrected chi connectivity index (χ4v) is 4.67. The lowest BCUT2D eigenvalue weighted by Gasteiger charge is -2.24. The molecule has 2 aromatic carbocycles. The third kappa shape index (κ3) is 5.97. The van der Waals surface area contributed by atoms with Crippen LogP contribution < -0.4 is 9.64 Å². The highest BCUT2D eigenvalue weighted by Gasteiger charge is 2.22. The van der Waals surface area contributed by atoms with Crippen molar-refractivity contribution >= 4 is 45.0 Å². The van der Waals surface area contributed by atoms with Gasteiger partial charge in [0.25, 0.3) is 0 Å². The van der Waals surface area contributed by atoms with Crippen LogP contribution in [0, 0.1) is 13.8 Å². The zero-order valence-corrected chi connectivity index (χ0v) is 20.6. The van der Waals surface area contributed by atoms with Crippen molar-refractivity contribution in [3.63, 3.8) is 0 Å². The number of thiazole rings is 1. The van der Waals surface area contributed by atoms with Crippen LogP contribution in [0.1, 0.15) is 30.5 Å². The van der Waals surface area contributed by atoms with Gasteiger partial charge in [-0.05, 0) is 44.1 Å². The summed E-state index contributed by atoms with van der Waals surface area (Å²) in [6, 6.07) is 12.1. The first-order chi connectivity index (χ1) is 14.5. The molecule has 0 fully saturated rings. The van der Waals surface area contributed by atoms with E-state index in [1.165, 1.54) is 0 Å². The van der Waals surface area contributed by atoms with E-state index in [2.05, 4.69) is 44.7 Å². The summed E-state index contributed by atoms with van der Waals surface area (Å²) >= 11 is 1.57. The van der Waals surface area contributed by atoms with Crippen molar-refractivity contribution in [1.29, 1.82) is 0 Å². The van der Waals surface area contributed by atoms with E-state index in [9.17, 15) is 4.79 Å². The van der Waals surface area contributed by atoms with Crippen molar-refractivity contribution in [2.24, 2.45) is 0 Å². The fraction of sp³-hybridized carbons (Fsp3) is 0.417. The zero-order valence-electron chi connectivity index (χ0n) is 19.0. The molecule has 0 aliphatic heterocycles. The number of carbonyl (C=O) groups excluding carboxylic acids is 1. The van der Waals surface area contributed by atoms with E-state index in [0.717, 1.165) is 57.4 Å². The molecule has 3 aromatic rings. The number of hydrogen-bond donors (Lipinski definition) is 0. The lowest BCUT2D eigenvalue weighted by Crippen LogP contribution is -2.39. The fourth-order valence-electron chi connectivity index (χ4n) is 3.58. The first-order valence-electron chi connectivity index (χ1n) is 10.5. The third-order valence-electron chi connectivity index (χ3n) is 5.42. The van der Waals surface area contributed by atoms with Crippen LogP contribution >= 0.6 is 23.7 Å². The van der Waals surface area contributed by atoms with Gasteiger partial charge in [0.2, 0.25) is 5.91 Å². The van der Waals surface area contributed by atoms with E-state index in [0.29, 0.717) is 13.0 Å². The topological polar surface area (TPSA) is 45.7 Å². The number of amides is 1. The Bertz CT molecular complexity index is 1020. The molecule has 168 valence electrons. The molecule has 0 unspecified atom stereocenters. The molecule has 1 aromatic heterocycles. The molecule has 1 heterocycles. The summed E-state index contributed by atoms with van der Waals surface area (Å²) in [6.07, 6.45) is 0.367. The Morgan fingerprint density at radius 1 is 1.10 bits per heavy atom. The molecular weight excluding hydrogens is 430 g/mol. The minimum atomic E-state index is 0. The summed E-state index contributed by atoms with van der Waals surface area (Å²) in [4.78, 5) is 22.4. The number of halogens is 1. The van der Waals surface area contributed by atoms with E-state index >= 15 is 0 Å². The molecule has 0 bridgehead atoms. The number of aryl methyl sites for hydroxylation is 2. The number of fused-ring (bicyclic) bond motifs is 1. The van der Waals surface area contributed by atoms with Crippen LogP contribution in [0.3, 0.4) is 0 Å². The number of anilines is 1. The number of benzene rings is 2. The van der Waals surface area contributed by atoms with Crippen molar-refractivity contribution in [3.8, 4) is 5.75 Å². The van der Waals surface area contributed by atoms with E-state index < -0.39 is 0 Å². The number of nitrogens with zero attached hydrogens (tertiary/aromatic N) is 3. The highest BCUT2D eigenvalue weighted by molar-refractivity contribution is 7.22. The van der Waals surface area contributed by atoms with Gasteiger partial charge in [-0.15, -0.1) is 12.4 Å². The van der Waals surface area contributed by atoms with Crippen molar-refractivity contribution < 1.29 is 9.53 Å². The van der Waals surface area contributed by atoms with Gasteiger partial charge in [-0.25, -0.2) is 4.98 Å². The van der Waals surface area contributed by atoms with Crippen molar-refractivity contribution in [3.05, 3.63) is 53.1 Å². The summed E-state index contributed by atoms with van der Waals surface area (Å²) in [7, 11) is 1.66. The second-order valence-electron chi connectivity index (χ2n) is 7.50. The van der Waals surface area contributed by atoms with Crippen LogP contribution in [-0.2, 0) is 11.2 Å². The van der Waals surface area contributed by atoms with Gasteiger partial charge in [0.05, 0.1) is 18.2 Å². The van der Waals surface area contributed by atoms with Gasteiger partial charge in [0.1, 0.15) is 11.3 Å². The minimum Gasteiger partial charge on any atom is -0.494 e. The van der Waals surface area contributed by atoms with E-state index in [-0.39, 0.29) is 18.3 Å². The number of ether oxygens (including phenoxy) is 1. The summed E-state index contributed by atoms with van der Waals surface area (Å²) < 4.78 is 6.58. The molecule has 0 atom stereocenters. The van der Waals surface area contributed by atoms with Crippen molar-refractivity contribution in [2.75, 3.05) is 38.2 Å². The molecule has 0 aliphatic carbocycles. The molecule has 0 spiro atoms. The number of hydrogen-bond acceptors (Lipinski definition) is 5. The number of rotatable bonds is 9. The molecule has 0 N–H and O–H groups in total. The first-order valence-corrected chi connectivity index (χ1v) is 11.3. The molecule has 1 amide bonds. The maximum Gasteiger partial charge on any atom is 0.233 e. The summed E-state index contributed by atoms with van der Waals surface area (Å²) in [6.45, 7) is 11.8. The normalized spacial score (nSPS) is 10.9. The van der Waals surface area contributed by atoms with Crippen LogP contribution in [0.25, 0.3) is 10.2 Å². The van der Waals surface area contributed by atoms with Gasteiger partial charge >= 0.3 is 0 Å². The average Bonchev–Trinajstić information content (AvgIpc) is 3.17. The third-order valence-corrected chi connectivity index (χ3v) is 6.63. The Morgan fingerprint density at radius 3 is 2.48 bits per heavy atom. The van der Waals surface area contributed by atoms with E-state index in [1.54, 1.807) is 18.4 Å². The summed E-state index contributed by atoms with van der Waals surface area (Å²) in [5.41, 5.74) is 4.16. The maximum absolute atomic E-state index is 13.4.